The number of H-pyrrole nitrogens is 1. The molecule has 0 radical (unpaired) electrons. The quantitative estimate of drug-likeness (QED) is 0.552. The highest BCUT2D eigenvalue weighted by Gasteiger charge is 2.15. The highest BCUT2D eigenvalue weighted by Crippen LogP contribution is 2.36. The van der Waals surface area contributed by atoms with Crippen LogP contribution in [0.2, 0.25) is 0 Å². The van der Waals surface area contributed by atoms with Crippen molar-refractivity contribution >= 4 is 38.5 Å². The molecule has 0 aliphatic rings. The third-order valence-electron chi connectivity index (χ3n) is 4.42. The topological polar surface area (TPSA) is 66.0 Å². The lowest BCUT2D eigenvalue weighted by Crippen LogP contribution is -1.94. The van der Waals surface area contributed by atoms with Crippen molar-refractivity contribution in [2.45, 2.75) is 13.8 Å². The largest absolute Gasteiger partial charge is 0.478 e. The van der Waals surface area contributed by atoms with Gasteiger partial charge in [-0.2, -0.15) is 0 Å². The molecule has 4 nitrogen and oxygen atoms in total. The van der Waals surface area contributed by atoms with E-state index in [1.807, 2.05) is 18.3 Å². The molecule has 0 saturated carbocycles. The second-order valence-electron chi connectivity index (χ2n) is 5.61. The third kappa shape index (κ3) is 1.58. The summed E-state index contributed by atoms with van der Waals surface area (Å²) in [5, 5.41) is 13.5. The summed E-state index contributed by atoms with van der Waals surface area (Å²) in [5.74, 6) is -0.909. The van der Waals surface area contributed by atoms with Crippen LogP contribution in [0.3, 0.4) is 0 Å². The highest BCUT2D eigenvalue weighted by atomic mass is 16.4. The number of benzene rings is 2. The number of carboxylic acids is 1. The average Bonchev–Trinajstić information content (AvgIpc) is 2.91. The zero-order valence-electron chi connectivity index (χ0n) is 12.3. The highest BCUT2D eigenvalue weighted by molar-refractivity contribution is 6.17. The lowest BCUT2D eigenvalue weighted by Gasteiger charge is -2.08. The van der Waals surface area contributed by atoms with E-state index in [0.717, 1.165) is 38.3 Å². The van der Waals surface area contributed by atoms with E-state index in [9.17, 15) is 9.90 Å². The predicted octanol–water partition coefficient (Wildman–Crippen LogP) is 4.18. The van der Waals surface area contributed by atoms with Crippen LogP contribution in [0, 0.1) is 13.8 Å². The van der Waals surface area contributed by atoms with Gasteiger partial charge in [-0.1, -0.05) is 0 Å². The van der Waals surface area contributed by atoms with Crippen LogP contribution in [0.15, 0.2) is 36.7 Å². The summed E-state index contributed by atoms with van der Waals surface area (Å²) in [6.45, 7) is 4.14. The van der Waals surface area contributed by atoms with E-state index in [1.165, 1.54) is 5.39 Å². The molecule has 0 bridgehead atoms. The molecule has 2 aromatic carbocycles. The van der Waals surface area contributed by atoms with E-state index in [1.54, 1.807) is 18.3 Å². The number of fused-ring (bicyclic) bond motifs is 4. The van der Waals surface area contributed by atoms with Gasteiger partial charge in [0, 0.05) is 34.1 Å². The molecule has 4 heteroatoms. The SMILES string of the molecule is Cc1c2ccncc2c(C)c2c1[nH]c1ccc(C(=O)O)cc12. The number of carboxylic acid groups (broad SMARTS) is 1. The Morgan fingerprint density at radius 3 is 2.68 bits per heavy atom. The standard InChI is InChI=1S/C18H14N2O2/c1-9-14-8-19-6-5-12(14)10(2)17-16(9)13-7-11(18(21)22)3-4-15(13)20-17/h3-8,20H,1-2H3,(H,21,22). The van der Waals surface area contributed by atoms with Crippen molar-refractivity contribution in [3.63, 3.8) is 0 Å². The van der Waals surface area contributed by atoms with Gasteiger partial charge in [-0.3, -0.25) is 4.98 Å². The van der Waals surface area contributed by atoms with Crippen molar-refractivity contribution in [2.24, 2.45) is 0 Å². The summed E-state index contributed by atoms with van der Waals surface area (Å²) in [7, 11) is 0. The number of carbonyl (C=O) groups is 1. The summed E-state index contributed by atoms with van der Waals surface area (Å²) in [5.41, 5.74) is 4.60. The molecule has 4 rings (SSSR count). The van der Waals surface area contributed by atoms with Gasteiger partial charge >= 0.3 is 5.97 Å². The van der Waals surface area contributed by atoms with Crippen LogP contribution in [0.1, 0.15) is 21.5 Å². The first-order valence-corrected chi connectivity index (χ1v) is 7.09. The fourth-order valence-electron chi connectivity index (χ4n) is 3.29. The molecule has 108 valence electrons. The van der Waals surface area contributed by atoms with Crippen LogP contribution >= 0.6 is 0 Å². The zero-order chi connectivity index (χ0) is 15.4. The lowest BCUT2D eigenvalue weighted by molar-refractivity contribution is 0.0697. The number of nitrogens with zero attached hydrogens (tertiary/aromatic N) is 1. The summed E-state index contributed by atoms with van der Waals surface area (Å²) in [6, 6.07) is 7.23. The average molecular weight is 290 g/mol. The lowest BCUT2D eigenvalue weighted by atomic mass is 9.96. The molecular formula is C18H14N2O2. The first kappa shape index (κ1) is 12.8. The Kier molecular flexibility index (Phi) is 2.51. The second kappa shape index (κ2) is 4.31. The molecule has 22 heavy (non-hydrogen) atoms. The monoisotopic (exact) mass is 290 g/mol. The Labute approximate surface area is 126 Å². The van der Waals surface area contributed by atoms with Crippen LogP contribution in [0.5, 0.6) is 0 Å². The minimum absolute atomic E-state index is 0.303. The summed E-state index contributed by atoms with van der Waals surface area (Å²) < 4.78 is 0. The maximum absolute atomic E-state index is 11.2. The van der Waals surface area contributed by atoms with Gasteiger partial charge in [0.1, 0.15) is 0 Å². The van der Waals surface area contributed by atoms with Gasteiger partial charge in [0.25, 0.3) is 0 Å². The molecule has 2 aromatic heterocycles. The van der Waals surface area contributed by atoms with Gasteiger partial charge in [-0.05, 0) is 54.6 Å². The number of hydrogen-bond acceptors (Lipinski definition) is 2. The van der Waals surface area contributed by atoms with Crippen LogP contribution in [-0.2, 0) is 0 Å². The van der Waals surface area contributed by atoms with Crippen molar-refractivity contribution in [3.05, 3.63) is 53.3 Å². The number of pyridine rings is 1. The van der Waals surface area contributed by atoms with Crippen LogP contribution < -0.4 is 0 Å². The molecule has 0 aliphatic heterocycles. The molecule has 0 spiro atoms. The Balaban J connectivity index is 2.27. The number of aromatic amines is 1. The first-order valence-electron chi connectivity index (χ1n) is 7.09. The Hall–Kier alpha value is -2.88. The van der Waals surface area contributed by atoms with Gasteiger partial charge in [0.05, 0.1) is 11.1 Å². The third-order valence-corrected chi connectivity index (χ3v) is 4.42. The van der Waals surface area contributed by atoms with Crippen LogP contribution in [-0.4, -0.2) is 21.0 Å². The van der Waals surface area contributed by atoms with Gasteiger partial charge in [0.15, 0.2) is 0 Å². The van der Waals surface area contributed by atoms with E-state index in [0.29, 0.717) is 5.56 Å². The van der Waals surface area contributed by atoms with E-state index in [4.69, 9.17) is 0 Å². The Morgan fingerprint density at radius 2 is 1.91 bits per heavy atom. The number of nitrogens with one attached hydrogen (secondary N) is 1. The molecule has 0 atom stereocenters. The van der Waals surface area contributed by atoms with E-state index < -0.39 is 5.97 Å². The summed E-state index contributed by atoms with van der Waals surface area (Å²) in [4.78, 5) is 18.9. The fraction of sp³-hybridized carbons (Fsp3) is 0.111. The minimum Gasteiger partial charge on any atom is -0.478 e. The van der Waals surface area contributed by atoms with Gasteiger partial charge in [-0.25, -0.2) is 4.79 Å². The molecule has 0 amide bonds. The number of hydrogen-bond donors (Lipinski definition) is 2. The molecule has 0 aliphatic carbocycles. The Morgan fingerprint density at radius 1 is 1.09 bits per heavy atom. The van der Waals surface area contributed by atoms with Crippen molar-refractivity contribution in [2.75, 3.05) is 0 Å². The van der Waals surface area contributed by atoms with Crippen molar-refractivity contribution < 1.29 is 9.90 Å². The molecule has 0 saturated heterocycles. The van der Waals surface area contributed by atoms with Crippen LogP contribution in [0.4, 0.5) is 0 Å². The summed E-state index contributed by atoms with van der Waals surface area (Å²) >= 11 is 0. The zero-order valence-corrected chi connectivity index (χ0v) is 12.3. The van der Waals surface area contributed by atoms with Gasteiger partial charge < -0.3 is 10.1 Å². The van der Waals surface area contributed by atoms with Crippen molar-refractivity contribution in [1.82, 2.24) is 9.97 Å². The maximum atomic E-state index is 11.2. The molecule has 4 aromatic rings. The number of aromatic nitrogens is 2. The molecule has 2 heterocycles. The predicted molar refractivity (Wildman–Crippen MR) is 87.5 cm³/mol. The van der Waals surface area contributed by atoms with E-state index in [-0.39, 0.29) is 0 Å². The smallest absolute Gasteiger partial charge is 0.335 e. The van der Waals surface area contributed by atoms with E-state index >= 15 is 0 Å². The summed E-state index contributed by atoms with van der Waals surface area (Å²) in [6.07, 6.45) is 3.67. The maximum Gasteiger partial charge on any atom is 0.335 e. The normalized spacial score (nSPS) is 11.5. The van der Waals surface area contributed by atoms with Gasteiger partial charge in [0.2, 0.25) is 0 Å². The first-order chi connectivity index (χ1) is 10.6. The fourth-order valence-corrected chi connectivity index (χ4v) is 3.29. The van der Waals surface area contributed by atoms with Crippen LogP contribution in [0.25, 0.3) is 32.6 Å². The minimum atomic E-state index is -0.909. The van der Waals surface area contributed by atoms with E-state index in [2.05, 4.69) is 23.8 Å². The number of aromatic carboxylic acids is 1. The molecule has 0 unspecified atom stereocenters. The molecule has 0 fully saturated rings. The number of rotatable bonds is 1. The van der Waals surface area contributed by atoms with Crippen molar-refractivity contribution in [3.8, 4) is 0 Å². The van der Waals surface area contributed by atoms with Crippen molar-refractivity contribution in [1.29, 1.82) is 0 Å². The number of aryl methyl sites for hydroxylation is 2. The van der Waals surface area contributed by atoms with Gasteiger partial charge in [-0.15, -0.1) is 0 Å². The molecule has 2 N–H and O–H groups in total. The molecular weight excluding hydrogens is 276 g/mol. The Bertz CT molecular complexity index is 1080. The second-order valence-corrected chi connectivity index (χ2v) is 5.61.